The molecule has 0 heterocycles. The number of ketones is 1. The van der Waals surface area contributed by atoms with Crippen molar-refractivity contribution < 1.29 is 14.6 Å². The largest absolute Gasteiger partial charge is 0.511 e. The number of carbonyl (C=O) groups excluding carboxylic acids is 1. The molecule has 0 atom stereocenters. The van der Waals surface area contributed by atoms with Gasteiger partial charge in [0.15, 0.2) is 5.78 Å². The van der Waals surface area contributed by atoms with E-state index in [9.17, 15) is 9.90 Å². The van der Waals surface area contributed by atoms with Gasteiger partial charge in [0.1, 0.15) is 11.5 Å². The molecule has 1 aliphatic carbocycles. The molecule has 118 valence electrons. The van der Waals surface area contributed by atoms with Crippen molar-refractivity contribution in [3.63, 3.8) is 0 Å². The van der Waals surface area contributed by atoms with Gasteiger partial charge in [-0.2, -0.15) is 0 Å². The van der Waals surface area contributed by atoms with Gasteiger partial charge >= 0.3 is 0 Å². The molecule has 4 nitrogen and oxygen atoms in total. The minimum atomic E-state index is -0.195. The lowest BCUT2D eigenvalue weighted by molar-refractivity contribution is -0.117. The highest BCUT2D eigenvalue weighted by Gasteiger charge is 2.34. The summed E-state index contributed by atoms with van der Waals surface area (Å²) in [5.74, 6) is 0.841. The van der Waals surface area contributed by atoms with Gasteiger partial charge < -0.3 is 9.84 Å². The van der Waals surface area contributed by atoms with Gasteiger partial charge in [0, 0.05) is 18.9 Å². The van der Waals surface area contributed by atoms with Crippen LogP contribution < -0.4 is 4.74 Å². The predicted molar refractivity (Wildman–Crippen MR) is 88.1 cm³/mol. The Kier molecular flexibility index (Phi) is 4.69. The fourth-order valence-electron chi connectivity index (χ4n) is 2.76. The Hall–Kier alpha value is -2.10. The van der Waals surface area contributed by atoms with Crippen LogP contribution >= 0.6 is 0 Å². The molecule has 2 rings (SSSR count). The van der Waals surface area contributed by atoms with Crippen molar-refractivity contribution in [3.05, 3.63) is 35.6 Å². The van der Waals surface area contributed by atoms with E-state index in [0.717, 1.165) is 0 Å². The van der Waals surface area contributed by atoms with Crippen molar-refractivity contribution in [1.82, 2.24) is 0 Å². The molecule has 0 aromatic heterocycles. The van der Waals surface area contributed by atoms with Crippen LogP contribution in [0.2, 0.25) is 0 Å². The van der Waals surface area contributed by atoms with Crippen LogP contribution in [0.3, 0.4) is 0 Å². The lowest BCUT2D eigenvalue weighted by Gasteiger charge is -2.29. The van der Waals surface area contributed by atoms with E-state index >= 15 is 0 Å². The van der Waals surface area contributed by atoms with Crippen molar-refractivity contribution in [1.29, 1.82) is 0 Å². The van der Waals surface area contributed by atoms with Gasteiger partial charge in [-0.15, -0.1) is 0 Å². The number of carbonyl (C=O) groups is 1. The Balaban J connectivity index is 2.42. The van der Waals surface area contributed by atoms with Crippen LogP contribution in [-0.2, 0) is 4.79 Å². The number of hydrogen-bond donors (Lipinski definition) is 1. The number of hydrogen-bond acceptors (Lipinski definition) is 4. The lowest BCUT2D eigenvalue weighted by atomic mass is 9.75. The van der Waals surface area contributed by atoms with E-state index in [0.29, 0.717) is 42.0 Å². The molecule has 0 spiro atoms. The second-order valence-corrected chi connectivity index (χ2v) is 6.38. The molecule has 0 amide bonds. The molecule has 0 fully saturated rings. The number of allylic oxidation sites excluding steroid dienone is 2. The first-order valence-electron chi connectivity index (χ1n) is 7.53. The van der Waals surface area contributed by atoms with E-state index in [1.54, 1.807) is 7.11 Å². The van der Waals surface area contributed by atoms with Gasteiger partial charge in [-0.3, -0.25) is 9.79 Å². The van der Waals surface area contributed by atoms with Crippen LogP contribution in [0.25, 0.3) is 0 Å². The summed E-state index contributed by atoms with van der Waals surface area (Å²) in [7, 11) is 1.60. The maximum Gasteiger partial charge on any atom is 0.168 e. The highest BCUT2D eigenvalue weighted by Crippen LogP contribution is 2.37. The van der Waals surface area contributed by atoms with Gasteiger partial charge in [-0.1, -0.05) is 26.8 Å². The van der Waals surface area contributed by atoms with Crippen molar-refractivity contribution in [2.45, 2.75) is 40.0 Å². The molecule has 0 radical (unpaired) electrons. The third-order valence-electron chi connectivity index (χ3n) is 3.79. The molecule has 0 aliphatic heterocycles. The first-order valence-corrected chi connectivity index (χ1v) is 7.53. The van der Waals surface area contributed by atoms with E-state index < -0.39 is 0 Å². The standard InChI is InChI=1S/C18H23NO3/c1-5-14(19-12-7-6-8-13(9-12)22-4)17-15(20)10-18(2,3)11-16(17)21/h6-9,20H,5,10-11H2,1-4H3. The Bertz CT molecular complexity index is 641. The molecular formula is C18H23NO3. The number of Topliss-reactive ketones (excluding diaryl/α,β-unsaturated/α-hetero) is 1. The van der Waals surface area contributed by atoms with Gasteiger partial charge in [0.2, 0.25) is 0 Å². The molecule has 0 bridgehead atoms. The van der Waals surface area contributed by atoms with E-state index in [1.165, 1.54) is 0 Å². The first kappa shape index (κ1) is 16.3. The fraction of sp³-hybridized carbons (Fsp3) is 0.444. The molecule has 1 aliphatic rings. The average molecular weight is 301 g/mol. The van der Waals surface area contributed by atoms with Crippen molar-refractivity contribution in [2.75, 3.05) is 7.11 Å². The summed E-state index contributed by atoms with van der Waals surface area (Å²) >= 11 is 0. The van der Waals surface area contributed by atoms with Crippen LogP contribution in [0.15, 0.2) is 40.6 Å². The van der Waals surface area contributed by atoms with E-state index in [1.807, 2.05) is 45.0 Å². The third kappa shape index (κ3) is 3.56. The second kappa shape index (κ2) is 6.34. The molecule has 22 heavy (non-hydrogen) atoms. The zero-order valence-corrected chi connectivity index (χ0v) is 13.6. The maximum absolute atomic E-state index is 12.4. The van der Waals surface area contributed by atoms with Gasteiger partial charge in [0.25, 0.3) is 0 Å². The Morgan fingerprint density at radius 3 is 2.68 bits per heavy atom. The number of ether oxygens (including phenoxy) is 1. The zero-order valence-electron chi connectivity index (χ0n) is 13.6. The van der Waals surface area contributed by atoms with E-state index in [2.05, 4.69) is 4.99 Å². The van der Waals surface area contributed by atoms with Gasteiger partial charge in [-0.05, 0) is 24.0 Å². The quantitative estimate of drug-likeness (QED) is 0.840. The molecule has 1 aromatic rings. The molecule has 0 saturated carbocycles. The monoisotopic (exact) mass is 301 g/mol. The Morgan fingerprint density at radius 1 is 1.36 bits per heavy atom. The minimum absolute atomic E-state index is 0.0303. The highest BCUT2D eigenvalue weighted by atomic mass is 16.5. The Labute approximate surface area is 131 Å². The summed E-state index contributed by atoms with van der Waals surface area (Å²) in [6, 6.07) is 7.36. The average Bonchev–Trinajstić information content (AvgIpc) is 2.44. The normalized spacial score (nSPS) is 18.5. The Morgan fingerprint density at radius 2 is 2.09 bits per heavy atom. The maximum atomic E-state index is 12.4. The third-order valence-corrected chi connectivity index (χ3v) is 3.79. The minimum Gasteiger partial charge on any atom is -0.511 e. The number of methoxy groups -OCH3 is 1. The van der Waals surface area contributed by atoms with Crippen LogP contribution in [0.1, 0.15) is 40.0 Å². The fourth-order valence-corrected chi connectivity index (χ4v) is 2.76. The number of aliphatic hydroxyl groups excluding tert-OH is 1. The van der Waals surface area contributed by atoms with E-state index in [4.69, 9.17) is 4.74 Å². The highest BCUT2D eigenvalue weighted by molar-refractivity contribution is 6.23. The van der Waals surface area contributed by atoms with Crippen LogP contribution in [-0.4, -0.2) is 23.7 Å². The van der Waals surface area contributed by atoms with Crippen molar-refractivity contribution in [2.24, 2.45) is 10.4 Å². The van der Waals surface area contributed by atoms with Crippen molar-refractivity contribution in [3.8, 4) is 5.75 Å². The van der Waals surface area contributed by atoms with E-state index in [-0.39, 0.29) is 17.0 Å². The lowest BCUT2D eigenvalue weighted by Crippen LogP contribution is -2.29. The number of benzene rings is 1. The summed E-state index contributed by atoms with van der Waals surface area (Å²) < 4.78 is 5.19. The number of rotatable bonds is 4. The molecule has 1 N–H and O–H groups in total. The number of aliphatic imine (C=N–C) groups is 1. The molecule has 0 saturated heterocycles. The number of aliphatic hydroxyl groups is 1. The van der Waals surface area contributed by atoms with Gasteiger partial charge in [0.05, 0.1) is 24.1 Å². The summed E-state index contributed by atoms with van der Waals surface area (Å²) in [6.45, 7) is 5.91. The van der Waals surface area contributed by atoms with Crippen LogP contribution in [0.4, 0.5) is 5.69 Å². The molecule has 4 heteroatoms. The predicted octanol–water partition coefficient (Wildman–Crippen LogP) is 4.38. The number of nitrogens with zero attached hydrogens (tertiary/aromatic N) is 1. The second-order valence-electron chi connectivity index (χ2n) is 6.38. The SMILES string of the molecule is CCC(=Nc1cccc(OC)c1)C1=C(O)CC(C)(C)CC1=O. The molecular weight excluding hydrogens is 278 g/mol. The van der Waals surface area contributed by atoms with Crippen LogP contribution in [0, 0.1) is 5.41 Å². The summed E-state index contributed by atoms with van der Waals surface area (Å²) in [4.78, 5) is 17.0. The topological polar surface area (TPSA) is 58.9 Å². The van der Waals surface area contributed by atoms with Crippen molar-refractivity contribution >= 4 is 17.2 Å². The van der Waals surface area contributed by atoms with Crippen LogP contribution in [0.5, 0.6) is 5.75 Å². The zero-order chi connectivity index (χ0) is 16.3. The smallest absolute Gasteiger partial charge is 0.168 e. The molecule has 0 unspecified atom stereocenters. The molecule has 1 aromatic carbocycles. The summed E-state index contributed by atoms with van der Waals surface area (Å²) in [6.07, 6.45) is 1.53. The van der Waals surface area contributed by atoms with Gasteiger partial charge in [-0.25, -0.2) is 0 Å². The first-order chi connectivity index (χ1) is 10.4. The summed E-state index contributed by atoms with van der Waals surface area (Å²) in [5.41, 5.74) is 1.55. The summed E-state index contributed by atoms with van der Waals surface area (Å²) in [5, 5.41) is 10.3.